The van der Waals surface area contributed by atoms with E-state index in [1.165, 1.54) is 36.4 Å². The number of ketones is 1. The van der Waals surface area contributed by atoms with Gasteiger partial charge in [0.1, 0.15) is 48.3 Å². The van der Waals surface area contributed by atoms with E-state index in [2.05, 4.69) is 0 Å². The minimum absolute atomic E-state index is 0.0657. The molecule has 5 atom stereocenters. The average Bonchev–Trinajstić information content (AvgIpc) is 2.94. The predicted octanol–water partition coefficient (Wildman–Crippen LogP) is 1.15. The Balaban J connectivity index is 1.41. The molecule has 0 amide bonds. The normalized spacial score (nSPS) is 22.4. The Labute approximate surface area is 232 Å². The molecule has 0 unspecified atom stereocenters. The van der Waals surface area contributed by atoms with Gasteiger partial charge in [0.25, 0.3) is 0 Å². The Bertz CT molecular complexity index is 1430. The molecule has 1 fully saturated rings. The maximum absolute atomic E-state index is 12.5. The summed E-state index contributed by atoms with van der Waals surface area (Å²) in [4.78, 5) is 24.8. The zero-order valence-corrected chi connectivity index (χ0v) is 21.1. The Morgan fingerprint density at radius 1 is 0.805 bits per heavy atom. The third-order valence-electron chi connectivity index (χ3n) is 6.16. The molecular weight excluding hydrogens is 544 g/mol. The van der Waals surface area contributed by atoms with E-state index in [-0.39, 0.29) is 22.6 Å². The van der Waals surface area contributed by atoms with Crippen LogP contribution in [0.15, 0.2) is 60.7 Å². The van der Waals surface area contributed by atoms with Crippen molar-refractivity contribution in [2.75, 3.05) is 6.61 Å². The second-order valence-electron chi connectivity index (χ2n) is 9.06. The Morgan fingerprint density at radius 2 is 1.46 bits per heavy atom. The highest BCUT2D eigenvalue weighted by atomic mass is 16.7. The highest BCUT2D eigenvalue weighted by molar-refractivity contribution is 6.08. The number of phenols is 5. The topological polar surface area (TPSA) is 224 Å². The number of benzene rings is 3. The smallest absolute Gasteiger partial charge is 0.338 e. The van der Waals surface area contributed by atoms with E-state index in [0.717, 1.165) is 18.2 Å². The lowest BCUT2D eigenvalue weighted by Crippen LogP contribution is -2.60. The number of hydrogen-bond acceptors (Lipinski definition) is 13. The summed E-state index contributed by atoms with van der Waals surface area (Å²) >= 11 is 0. The molecule has 8 N–H and O–H groups in total. The first kappa shape index (κ1) is 29.2. The number of esters is 1. The standard InChI is InChI=1S/C28H26O13/c29-15-4-1-13(2-5-15)3-8-18(30)17-7-6-16(11-19(17)31)40-28-26(37)25(36)24(35)22(41-28)12-39-27(38)14-9-20(32)23(34)21(33)10-14/h1-11,22,24-26,28-29,31-37H,12H2/b8-3+/t22-,24-,25+,26-,28-/m1/s1. The van der Waals surface area contributed by atoms with Gasteiger partial charge in [-0.3, -0.25) is 4.79 Å². The third kappa shape index (κ3) is 6.67. The molecule has 41 heavy (non-hydrogen) atoms. The number of phenolic OH excluding ortho intramolecular Hbond substituents is 5. The number of aromatic hydroxyl groups is 5. The van der Waals surface area contributed by atoms with Crippen molar-refractivity contribution in [2.45, 2.75) is 30.7 Å². The second kappa shape index (κ2) is 12.1. The summed E-state index contributed by atoms with van der Waals surface area (Å²) in [5, 5.41) is 79.2. The molecule has 0 aromatic heterocycles. The maximum atomic E-state index is 12.5. The summed E-state index contributed by atoms with van der Waals surface area (Å²) in [6.07, 6.45) is -5.56. The summed E-state index contributed by atoms with van der Waals surface area (Å²) in [6.45, 7) is -0.655. The van der Waals surface area contributed by atoms with E-state index in [1.54, 1.807) is 12.1 Å². The number of ether oxygens (including phenoxy) is 3. The molecule has 0 bridgehead atoms. The molecule has 3 aromatic rings. The number of rotatable bonds is 8. The molecule has 3 aromatic carbocycles. The first-order chi connectivity index (χ1) is 19.4. The molecule has 1 aliphatic rings. The average molecular weight is 571 g/mol. The minimum Gasteiger partial charge on any atom is -0.508 e. The Hall–Kier alpha value is -4.82. The molecule has 0 saturated carbocycles. The van der Waals surface area contributed by atoms with Crippen molar-refractivity contribution in [2.24, 2.45) is 0 Å². The van der Waals surface area contributed by atoms with Gasteiger partial charge in [-0.2, -0.15) is 0 Å². The van der Waals surface area contributed by atoms with E-state index in [9.17, 15) is 50.4 Å². The van der Waals surface area contributed by atoms with E-state index in [1.807, 2.05) is 0 Å². The van der Waals surface area contributed by atoms with Crippen LogP contribution in [0.1, 0.15) is 26.3 Å². The summed E-state index contributed by atoms with van der Waals surface area (Å²) < 4.78 is 16.0. The van der Waals surface area contributed by atoms with Crippen molar-refractivity contribution in [3.8, 4) is 34.5 Å². The van der Waals surface area contributed by atoms with Crippen LogP contribution < -0.4 is 4.74 Å². The van der Waals surface area contributed by atoms with Gasteiger partial charge in [0.2, 0.25) is 6.29 Å². The highest BCUT2D eigenvalue weighted by Gasteiger charge is 2.45. The molecule has 13 nitrogen and oxygen atoms in total. The summed E-state index contributed by atoms with van der Waals surface area (Å²) in [5.74, 6) is -4.46. The Kier molecular flexibility index (Phi) is 8.64. The number of hydrogen-bond donors (Lipinski definition) is 8. The van der Waals surface area contributed by atoms with Gasteiger partial charge in [-0.15, -0.1) is 0 Å². The van der Waals surface area contributed by atoms with Crippen LogP contribution >= 0.6 is 0 Å². The SMILES string of the molecule is O=C(OC[C@H]1O[C@@H](Oc2ccc(C(=O)/C=C/c3ccc(O)cc3)c(O)c2)[C@H](O)[C@@H](O)[C@@H]1O)c1cc(O)c(O)c(O)c1. The zero-order chi connectivity index (χ0) is 29.8. The summed E-state index contributed by atoms with van der Waals surface area (Å²) in [7, 11) is 0. The van der Waals surface area contributed by atoms with Gasteiger partial charge in [-0.25, -0.2) is 4.79 Å². The third-order valence-corrected chi connectivity index (χ3v) is 6.16. The largest absolute Gasteiger partial charge is 0.508 e. The second-order valence-corrected chi connectivity index (χ2v) is 9.06. The fourth-order valence-corrected chi connectivity index (χ4v) is 3.89. The zero-order valence-electron chi connectivity index (χ0n) is 21.1. The number of aliphatic hydroxyl groups is 3. The highest BCUT2D eigenvalue weighted by Crippen LogP contribution is 2.35. The first-order valence-corrected chi connectivity index (χ1v) is 12.1. The van der Waals surface area contributed by atoms with Crippen LogP contribution in [0.5, 0.6) is 34.5 Å². The Morgan fingerprint density at radius 3 is 2.10 bits per heavy atom. The van der Waals surface area contributed by atoms with Crippen molar-refractivity contribution in [1.29, 1.82) is 0 Å². The van der Waals surface area contributed by atoms with Crippen molar-refractivity contribution in [1.82, 2.24) is 0 Å². The van der Waals surface area contributed by atoms with Crippen LogP contribution in [0.3, 0.4) is 0 Å². The lowest BCUT2D eigenvalue weighted by Gasteiger charge is -2.39. The molecule has 1 heterocycles. The number of allylic oxidation sites excluding steroid dienone is 1. The van der Waals surface area contributed by atoms with Gasteiger partial charge in [0.15, 0.2) is 23.0 Å². The van der Waals surface area contributed by atoms with Gasteiger partial charge in [-0.1, -0.05) is 18.2 Å². The maximum Gasteiger partial charge on any atom is 0.338 e. The quantitative estimate of drug-likeness (QED) is 0.0825. The lowest BCUT2D eigenvalue weighted by molar-refractivity contribution is -0.277. The van der Waals surface area contributed by atoms with E-state index < -0.39 is 72.1 Å². The summed E-state index contributed by atoms with van der Waals surface area (Å²) in [5.41, 5.74) is 0.239. The monoisotopic (exact) mass is 570 g/mol. The molecule has 13 heteroatoms. The summed E-state index contributed by atoms with van der Waals surface area (Å²) in [6, 6.07) is 11.4. The fourth-order valence-electron chi connectivity index (χ4n) is 3.89. The van der Waals surface area contributed by atoms with Gasteiger partial charge in [-0.05, 0) is 48.0 Å². The van der Waals surface area contributed by atoms with Crippen LogP contribution in [-0.2, 0) is 9.47 Å². The van der Waals surface area contributed by atoms with Crippen LogP contribution in [0.25, 0.3) is 6.08 Å². The number of carbonyl (C=O) groups excluding carboxylic acids is 2. The lowest BCUT2D eigenvalue weighted by atomic mass is 9.99. The van der Waals surface area contributed by atoms with Crippen molar-refractivity contribution in [3.63, 3.8) is 0 Å². The van der Waals surface area contributed by atoms with Crippen LogP contribution in [-0.4, -0.2) is 89.9 Å². The van der Waals surface area contributed by atoms with E-state index >= 15 is 0 Å². The van der Waals surface area contributed by atoms with Crippen LogP contribution in [0.2, 0.25) is 0 Å². The van der Waals surface area contributed by atoms with Crippen LogP contribution in [0, 0.1) is 0 Å². The predicted molar refractivity (Wildman–Crippen MR) is 139 cm³/mol. The van der Waals surface area contributed by atoms with Crippen molar-refractivity contribution < 1.29 is 64.7 Å². The molecular formula is C28H26O13. The van der Waals surface area contributed by atoms with Gasteiger partial charge >= 0.3 is 5.97 Å². The van der Waals surface area contributed by atoms with Crippen LogP contribution in [0.4, 0.5) is 0 Å². The molecule has 1 aliphatic heterocycles. The van der Waals surface area contributed by atoms with Gasteiger partial charge in [0, 0.05) is 6.07 Å². The molecule has 0 radical (unpaired) electrons. The number of carbonyl (C=O) groups is 2. The molecule has 4 rings (SSSR count). The fraction of sp³-hybridized carbons (Fsp3) is 0.214. The van der Waals surface area contributed by atoms with Crippen molar-refractivity contribution >= 4 is 17.8 Å². The van der Waals surface area contributed by atoms with E-state index in [0.29, 0.717) is 5.56 Å². The molecule has 0 aliphatic carbocycles. The number of aliphatic hydroxyl groups excluding tert-OH is 3. The van der Waals surface area contributed by atoms with Gasteiger partial charge < -0.3 is 55.1 Å². The molecule has 0 spiro atoms. The molecule has 216 valence electrons. The first-order valence-electron chi connectivity index (χ1n) is 12.1. The van der Waals surface area contributed by atoms with Gasteiger partial charge in [0.05, 0.1) is 11.1 Å². The van der Waals surface area contributed by atoms with E-state index in [4.69, 9.17) is 14.2 Å². The molecule has 1 saturated heterocycles. The van der Waals surface area contributed by atoms with Crippen molar-refractivity contribution in [3.05, 3.63) is 77.4 Å². The minimum atomic E-state index is -1.79.